The molecule has 0 aliphatic carbocycles. The third-order valence-electron chi connectivity index (χ3n) is 4.11. The molecule has 1 aromatic rings. The first-order valence-corrected chi connectivity index (χ1v) is 8.03. The Labute approximate surface area is 147 Å². The van der Waals surface area contributed by atoms with Gasteiger partial charge in [0.25, 0.3) is 5.56 Å². The molecule has 0 saturated carbocycles. The lowest BCUT2D eigenvalue weighted by atomic mass is 10.1. The second-order valence-electron chi connectivity index (χ2n) is 5.97. The molecular formula is C17H17N5O4. The fourth-order valence-corrected chi connectivity index (χ4v) is 2.68. The third kappa shape index (κ3) is 3.23. The van der Waals surface area contributed by atoms with Crippen molar-refractivity contribution in [3.63, 3.8) is 0 Å². The Bertz CT molecular complexity index is 1100. The summed E-state index contributed by atoms with van der Waals surface area (Å²) in [6, 6.07) is 3.65. The summed E-state index contributed by atoms with van der Waals surface area (Å²) in [5, 5.41) is 2.61. The van der Waals surface area contributed by atoms with Gasteiger partial charge in [0, 0.05) is 13.0 Å². The summed E-state index contributed by atoms with van der Waals surface area (Å²) in [6.45, 7) is 3.88. The molecule has 0 atom stereocenters. The first-order valence-electron chi connectivity index (χ1n) is 8.03. The van der Waals surface area contributed by atoms with Gasteiger partial charge in [-0.15, -0.1) is 0 Å². The molecule has 2 heterocycles. The molecule has 2 N–H and O–H groups in total. The first-order chi connectivity index (χ1) is 12.4. The zero-order chi connectivity index (χ0) is 18.8. The van der Waals surface area contributed by atoms with Crippen molar-refractivity contribution < 1.29 is 9.59 Å². The van der Waals surface area contributed by atoms with Crippen molar-refractivity contribution in [2.75, 3.05) is 6.54 Å². The fourth-order valence-electron chi connectivity index (χ4n) is 2.68. The highest BCUT2D eigenvalue weighted by Gasteiger charge is 2.20. The van der Waals surface area contributed by atoms with Crippen LogP contribution in [0.25, 0.3) is 22.6 Å². The molecule has 1 amide bonds. The van der Waals surface area contributed by atoms with E-state index in [1.54, 1.807) is 0 Å². The molecule has 9 nitrogen and oxygen atoms in total. The van der Waals surface area contributed by atoms with Crippen LogP contribution >= 0.6 is 0 Å². The minimum Gasteiger partial charge on any atom is -0.354 e. The van der Waals surface area contributed by atoms with Gasteiger partial charge in [-0.2, -0.15) is 4.98 Å². The molecule has 0 radical (unpaired) electrons. The zero-order valence-electron chi connectivity index (χ0n) is 14.3. The van der Waals surface area contributed by atoms with Crippen LogP contribution in [0.2, 0.25) is 0 Å². The first kappa shape index (κ1) is 17.5. The van der Waals surface area contributed by atoms with Gasteiger partial charge >= 0.3 is 5.69 Å². The van der Waals surface area contributed by atoms with E-state index >= 15 is 0 Å². The number of nitrogens with one attached hydrogen (secondary N) is 2. The number of amides is 1. The van der Waals surface area contributed by atoms with Crippen LogP contribution < -0.4 is 16.6 Å². The maximum absolute atomic E-state index is 12.2. The van der Waals surface area contributed by atoms with E-state index in [1.165, 1.54) is 4.57 Å². The average Bonchev–Trinajstić information content (AvgIpc) is 2.57. The van der Waals surface area contributed by atoms with Gasteiger partial charge in [0.1, 0.15) is 12.8 Å². The smallest absolute Gasteiger partial charge is 0.349 e. The molecule has 134 valence electrons. The average molecular weight is 355 g/mol. The maximum atomic E-state index is 12.2. The summed E-state index contributed by atoms with van der Waals surface area (Å²) in [4.78, 5) is 56.7. The van der Waals surface area contributed by atoms with E-state index in [2.05, 4.69) is 20.3 Å². The topological polar surface area (TPSA) is 127 Å². The standard InChI is InChI=1S/C17H17N5O4/c1-9-6-11-12(7-10(9)2)22(8-13(24)18-4-3-5-23)15-14(19-11)16(25)21-17(26)20-15/h5-7H,3-4,8H2,1-2H3,(H,18,24)(H,21,25,26). The van der Waals surface area contributed by atoms with Crippen molar-refractivity contribution in [1.29, 1.82) is 0 Å². The normalized spacial score (nSPS) is 11.0. The lowest BCUT2D eigenvalue weighted by Crippen LogP contribution is -2.33. The summed E-state index contributed by atoms with van der Waals surface area (Å²) in [6.07, 6.45) is 0.913. The number of aromatic amines is 1. The van der Waals surface area contributed by atoms with Crippen LogP contribution in [0.5, 0.6) is 0 Å². The van der Waals surface area contributed by atoms with Crippen molar-refractivity contribution in [2.45, 2.75) is 26.8 Å². The largest absolute Gasteiger partial charge is 0.354 e. The van der Waals surface area contributed by atoms with Crippen molar-refractivity contribution in [3.8, 4) is 11.5 Å². The van der Waals surface area contributed by atoms with E-state index in [9.17, 15) is 19.2 Å². The van der Waals surface area contributed by atoms with Gasteiger partial charge in [-0.3, -0.25) is 14.6 Å². The molecule has 0 fully saturated rings. The number of aryl methyl sites for hydroxylation is 2. The molecule has 0 unspecified atom stereocenters. The Morgan fingerprint density at radius 3 is 2.69 bits per heavy atom. The van der Waals surface area contributed by atoms with Crippen LogP contribution in [0.3, 0.4) is 0 Å². The Hall–Kier alpha value is -3.36. The number of H-pyrrole nitrogens is 1. The number of carbonyl (C=O) groups is 2. The quantitative estimate of drug-likeness (QED) is 0.374. The molecule has 3 rings (SSSR count). The summed E-state index contributed by atoms with van der Waals surface area (Å²) >= 11 is 0. The molecule has 0 spiro atoms. The number of nitrogens with zero attached hydrogens (tertiary/aromatic N) is 3. The van der Waals surface area contributed by atoms with Gasteiger partial charge in [0.15, 0.2) is 11.5 Å². The molecule has 2 aliphatic heterocycles. The minimum absolute atomic E-state index is 0.0129. The highest BCUT2D eigenvalue weighted by molar-refractivity contribution is 5.84. The lowest BCUT2D eigenvalue weighted by Gasteiger charge is -2.17. The van der Waals surface area contributed by atoms with Crippen LogP contribution in [0.15, 0.2) is 21.7 Å². The van der Waals surface area contributed by atoms with Gasteiger partial charge in [-0.25, -0.2) is 9.78 Å². The Morgan fingerprint density at radius 2 is 1.96 bits per heavy atom. The van der Waals surface area contributed by atoms with Crippen LogP contribution in [-0.4, -0.2) is 38.3 Å². The molecular weight excluding hydrogens is 338 g/mol. The molecule has 9 heteroatoms. The molecule has 2 aliphatic rings. The number of hydrogen-bond acceptors (Lipinski definition) is 6. The van der Waals surface area contributed by atoms with Crippen molar-refractivity contribution >= 4 is 23.2 Å². The summed E-state index contributed by atoms with van der Waals surface area (Å²) in [5.41, 5.74) is 1.59. The highest BCUT2D eigenvalue weighted by atomic mass is 16.2. The summed E-state index contributed by atoms with van der Waals surface area (Å²) in [5.74, 6) is -0.321. The molecule has 0 bridgehead atoms. The van der Waals surface area contributed by atoms with E-state index in [4.69, 9.17) is 0 Å². The highest BCUT2D eigenvalue weighted by Crippen LogP contribution is 2.23. The number of fused-ring (bicyclic) bond motifs is 2. The Kier molecular flexibility index (Phi) is 4.61. The van der Waals surface area contributed by atoms with E-state index in [1.807, 2.05) is 26.0 Å². The van der Waals surface area contributed by atoms with Crippen molar-refractivity contribution in [2.24, 2.45) is 0 Å². The van der Waals surface area contributed by atoms with Gasteiger partial charge in [0.05, 0.1) is 11.0 Å². The minimum atomic E-state index is -0.803. The Morgan fingerprint density at radius 1 is 1.23 bits per heavy atom. The zero-order valence-corrected chi connectivity index (χ0v) is 14.3. The monoisotopic (exact) mass is 355 g/mol. The molecule has 26 heavy (non-hydrogen) atoms. The van der Waals surface area contributed by atoms with Crippen LogP contribution in [0, 0.1) is 13.8 Å². The fraction of sp³-hybridized carbons (Fsp3) is 0.294. The van der Waals surface area contributed by atoms with E-state index in [0.29, 0.717) is 17.3 Å². The lowest BCUT2D eigenvalue weighted by molar-refractivity contribution is -0.121. The van der Waals surface area contributed by atoms with E-state index < -0.39 is 11.2 Å². The SMILES string of the molecule is Cc1cc2nc3c(=O)[nH]c(=O)nc-3n(CC(=O)NCCC=O)c2cc1C. The number of hydrogen-bond donors (Lipinski definition) is 2. The number of aldehydes is 1. The second kappa shape index (κ2) is 6.87. The van der Waals surface area contributed by atoms with Gasteiger partial charge in [0.2, 0.25) is 5.91 Å². The van der Waals surface area contributed by atoms with Gasteiger partial charge < -0.3 is 14.7 Å². The van der Waals surface area contributed by atoms with Crippen LogP contribution in [-0.2, 0) is 16.1 Å². The van der Waals surface area contributed by atoms with E-state index in [0.717, 1.165) is 11.1 Å². The van der Waals surface area contributed by atoms with Crippen LogP contribution in [0.1, 0.15) is 17.5 Å². The number of carbonyl (C=O) groups excluding carboxylic acids is 2. The van der Waals surface area contributed by atoms with Gasteiger partial charge in [-0.1, -0.05) is 0 Å². The van der Waals surface area contributed by atoms with Crippen molar-refractivity contribution in [1.82, 2.24) is 24.8 Å². The second-order valence-corrected chi connectivity index (χ2v) is 5.97. The van der Waals surface area contributed by atoms with Gasteiger partial charge in [-0.05, 0) is 37.1 Å². The summed E-state index contributed by atoms with van der Waals surface area (Å²) in [7, 11) is 0. The van der Waals surface area contributed by atoms with Crippen LogP contribution in [0.4, 0.5) is 0 Å². The molecule has 1 aromatic carbocycles. The Balaban J connectivity index is 2.23. The maximum Gasteiger partial charge on any atom is 0.349 e. The predicted octanol–water partition coefficient (Wildman–Crippen LogP) is -0.0934. The third-order valence-corrected chi connectivity index (χ3v) is 4.11. The number of aromatic nitrogens is 4. The van der Waals surface area contributed by atoms with E-state index in [-0.39, 0.29) is 36.9 Å². The molecule has 0 saturated heterocycles. The molecule has 0 aromatic heterocycles. The number of rotatable bonds is 5. The number of benzene rings is 1. The van der Waals surface area contributed by atoms with Crippen molar-refractivity contribution in [3.05, 3.63) is 44.1 Å². The summed E-state index contributed by atoms with van der Waals surface area (Å²) < 4.78 is 1.50. The predicted molar refractivity (Wildman–Crippen MR) is 94.2 cm³/mol.